The van der Waals surface area contributed by atoms with Crippen molar-refractivity contribution in [3.63, 3.8) is 0 Å². The summed E-state index contributed by atoms with van der Waals surface area (Å²) in [5, 5.41) is 13.8. The van der Waals surface area contributed by atoms with Gasteiger partial charge in [0, 0.05) is 24.4 Å². The number of non-ortho nitro benzene ring substituents is 1. The quantitative estimate of drug-likeness (QED) is 0.536. The number of nitrogens with one attached hydrogen (secondary N) is 2. The van der Waals surface area contributed by atoms with Gasteiger partial charge in [0.25, 0.3) is 11.6 Å². The van der Waals surface area contributed by atoms with Gasteiger partial charge in [0.05, 0.1) is 38.2 Å². The average Bonchev–Trinajstić information content (AvgIpc) is 2.77. The standard InChI is InChI=1S/C21H26N4O4/c1-16(21(26)22-15-17-3-9-20(29-2)10-4-17)23-11-13-24(14-12-23)18-5-7-19(8-6-18)25(27)28/h3-10,16H,11-15H2,1-2H3,(H,22,26)/p+1/t16-/m0/s1. The second kappa shape index (κ2) is 9.38. The van der Waals surface area contributed by atoms with Crippen LogP contribution in [0.4, 0.5) is 11.4 Å². The Balaban J connectivity index is 1.47. The minimum atomic E-state index is -0.391. The Bertz CT molecular complexity index is 831. The third kappa shape index (κ3) is 5.23. The average molecular weight is 399 g/mol. The summed E-state index contributed by atoms with van der Waals surface area (Å²) in [4.78, 5) is 26.4. The second-order valence-corrected chi connectivity index (χ2v) is 7.21. The van der Waals surface area contributed by atoms with Crippen LogP contribution in [-0.4, -0.2) is 50.2 Å². The van der Waals surface area contributed by atoms with Crippen LogP contribution >= 0.6 is 0 Å². The molecule has 3 rings (SSSR count). The number of ether oxygens (including phenoxy) is 1. The molecule has 0 radical (unpaired) electrons. The summed E-state index contributed by atoms with van der Waals surface area (Å²) in [6.07, 6.45) is 0. The molecule has 1 aliphatic heterocycles. The molecule has 0 unspecified atom stereocenters. The highest BCUT2D eigenvalue weighted by Crippen LogP contribution is 2.19. The number of nitro benzene ring substituents is 1. The first-order chi connectivity index (χ1) is 14.0. The molecule has 1 heterocycles. The van der Waals surface area contributed by atoms with E-state index in [1.54, 1.807) is 19.2 Å². The Labute approximate surface area is 170 Å². The lowest BCUT2D eigenvalue weighted by molar-refractivity contribution is -0.914. The van der Waals surface area contributed by atoms with Crippen LogP contribution in [0.2, 0.25) is 0 Å². The number of hydrogen-bond acceptors (Lipinski definition) is 5. The van der Waals surface area contributed by atoms with Crippen LogP contribution in [0.25, 0.3) is 0 Å². The number of rotatable bonds is 7. The number of methoxy groups -OCH3 is 1. The van der Waals surface area contributed by atoms with Crippen LogP contribution in [0.5, 0.6) is 5.75 Å². The zero-order valence-corrected chi connectivity index (χ0v) is 16.8. The molecule has 1 amide bonds. The lowest BCUT2D eigenvalue weighted by atomic mass is 10.1. The zero-order chi connectivity index (χ0) is 20.8. The molecule has 1 aliphatic rings. The molecular weight excluding hydrogens is 372 g/mol. The number of carbonyl (C=O) groups excluding carboxylic acids is 1. The van der Waals surface area contributed by atoms with Gasteiger partial charge < -0.3 is 19.9 Å². The molecule has 0 bridgehead atoms. The first-order valence-corrected chi connectivity index (χ1v) is 9.72. The van der Waals surface area contributed by atoms with Gasteiger partial charge in [-0.2, -0.15) is 0 Å². The van der Waals surface area contributed by atoms with E-state index in [-0.39, 0.29) is 17.6 Å². The molecule has 1 saturated heterocycles. The van der Waals surface area contributed by atoms with Crippen molar-refractivity contribution in [1.82, 2.24) is 5.32 Å². The van der Waals surface area contributed by atoms with Crippen LogP contribution in [0, 0.1) is 10.1 Å². The molecule has 0 aliphatic carbocycles. The fourth-order valence-corrected chi connectivity index (χ4v) is 3.54. The Kier molecular flexibility index (Phi) is 6.66. The summed E-state index contributed by atoms with van der Waals surface area (Å²) in [5.41, 5.74) is 2.11. The van der Waals surface area contributed by atoms with E-state index in [1.807, 2.05) is 31.2 Å². The molecule has 1 atom stereocenters. The largest absolute Gasteiger partial charge is 0.497 e. The molecule has 0 spiro atoms. The summed E-state index contributed by atoms with van der Waals surface area (Å²) >= 11 is 0. The predicted molar refractivity (Wildman–Crippen MR) is 110 cm³/mol. The minimum absolute atomic E-state index is 0.0413. The summed E-state index contributed by atoms with van der Waals surface area (Å²) in [6.45, 7) is 5.75. The highest BCUT2D eigenvalue weighted by Gasteiger charge is 2.29. The van der Waals surface area contributed by atoms with Crippen molar-refractivity contribution < 1.29 is 19.4 Å². The lowest BCUT2D eigenvalue weighted by Gasteiger charge is -2.36. The number of piperazine rings is 1. The summed E-state index contributed by atoms with van der Waals surface area (Å²) in [5.74, 6) is 0.836. The lowest BCUT2D eigenvalue weighted by Crippen LogP contribution is -3.19. The van der Waals surface area contributed by atoms with Crippen LogP contribution in [0.15, 0.2) is 48.5 Å². The van der Waals surface area contributed by atoms with Gasteiger partial charge in [-0.3, -0.25) is 14.9 Å². The molecule has 29 heavy (non-hydrogen) atoms. The van der Waals surface area contributed by atoms with Gasteiger partial charge in [0.15, 0.2) is 6.04 Å². The van der Waals surface area contributed by atoms with E-state index in [4.69, 9.17) is 4.74 Å². The molecule has 154 valence electrons. The first kappa shape index (κ1) is 20.6. The van der Waals surface area contributed by atoms with Crippen molar-refractivity contribution in [2.24, 2.45) is 0 Å². The van der Waals surface area contributed by atoms with Crippen molar-refractivity contribution in [2.75, 3.05) is 38.2 Å². The maximum atomic E-state index is 12.6. The van der Waals surface area contributed by atoms with Crippen molar-refractivity contribution in [3.05, 3.63) is 64.2 Å². The number of benzene rings is 2. The molecule has 1 fully saturated rings. The first-order valence-electron chi connectivity index (χ1n) is 9.72. The number of anilines is 1. The van der Waals surface area contributed by atoms with Crippen molar-refractivity contribution in [3.8, 4) is 5.75 Å². The zero-order valence-electron chi connectivity index (χ0n) is 16.8. The summed E-state index contributed by atoms with van der Waals surface area (Å²) < 4.78 is 5.14. The number of carbonyl (C=O) groups is 1. The van der Waals surface area contributed by atoms with Crippen molar-refractivity contribution in [1.29, 1.82) is 0 Å². The van der Waals surface area contributed by atoms with E-state index in [1.165, 1.54) is 17.0 Å². The summed E-state index contributed by atoms with van der Waals surface area (Å²) in [6, 6.07) is 14.2. The number of quaternary nitrogens is 1. The maximum Gasteiger partial charge on any atom is 0.278 e. The topological polar surface area (TPSA) is 89.2 Å². The van der Waals surface area contributed by atoms with E-state index >= 15 is 0 Å². The Morgan fingerprint density at radius 2 is 1.79 bits per heavy atom. The van der Waals surface area contributed by atoms with E-state index < -0.39 is 4.92 Å². The van der Waals surface area contributed by atoms with E-state index in [9.17, 15) is 14.9 Å². The van der Waals surface area contributed by atoms with Gasteiger partial charge >= 0.3 is 0 Å². The number of amides is 1. The molecule has 0 aromatic heterocycles. The molecular formula is C21H27N4O4+. The highest BCUT2D eigenvalue weighted by atomic mass is 16.6. The monoisotopic (exact) mass is 399 g/mol. The Hall–Kier alpha value is -3.13. The van der Waals surface area contributed by atoms with Gasteiger partial charge in [-0.1, -0.05) is 12.1 Å². The fraction of sp³-hybridized carbons (Fsp3) is 0.381. The van der Waals surface area contributed by atoms with Gasteiger partial charge in [-0.25, -0.2) is 0 Å². The number of nitro groups is 1. The van der Waals surface area contributed by atoms with Gasteiger partial charge in [-0.15, -0.1) is 0 Å². The fourth-order valence-electron chi connectivity index (χ4n) is 3.54. The van der Waals surface area contributed by atoms with Crippen LogP contribution < -0.4 is 19.9 Å². The molecule has 8 heteroatoms. The number of nitrogens with zero attached hydrogens (tertiary/aromatic N) is 2. The number of hydrogen-bond donors (Lipinski definition) is 2. The summed E-state index contributed by atoms with van der Waals surface area (Å²) in [7, 11) is 1.63. The third-order valence-electron chi connectivity index (χ3n) is 5.46. The molecule has 2 aromatic carbocycles. The van der Waals surface area contributed by atoms with E-state index in [0.29, 0.717) is 6.54 Å². The highest BCUT2D eigenvalue weighted by molar-refractivity contribution is 5.79. The van der Waals surface area contributed by atoms with Gasteiger partial charge in [-0.05, 0) is 36.8 Å². The maximum absolute atomic E-state index is 12.6. The molecule has 8 nitrogen and oxygen atoms in total. The van der Waals surface area contributed by atoms with Gasteiger partial charge in [0.1, 0.15) is 5.75 Å². The Morgan fingerprint density at radius 1 is 1.17 bits per heavy atom. The normalized spacial score (nSPS) is 15.6. The molecule has 2 N–H and O–H groups in total. The molecule has 0 saturated carbocycles. The second-order valence-electron chi connectivity index (χ2n) is 7.21. The SMILES string of the molecule is COc1ccc(CNC(=O)[C@H](C)[NH+]2CCN(c3ccc([N+](=O)[O-])cc3)CC2)cc1. The van der Waals surface area contributed by atoms with Crippen LogP contribution in [0.3, 0.4) is 0 Å². The van der Waals surface area contributed by atoms with E-state index in [2.05, 4.69) is 10.2 Å². The molecule has 2 aromatic rings. The predicted octanol–water partition coefficient (Wildman–Crippen LogP) is 1.01. The van der Waals surface area contributed by atoms with Crippen molar-refractivity contribution in [2.45, 2.75) is 19.5 Å². The van der Waals surface area contributed by atoms with E-state index in [0.717, 1.165) is 43.2 Å². The van der Waals surface area contributed by atoms with Crippen LogP contribution in [0.1, 0.15) is 12.5 Å². The van der Waals surface area contributed by atoms with Crippen LogP contribution in [-0.2, 0) is 11.3 Å². The smallest absolute Gasteiger partial charge is 0.278 e. The third-order valence-corrected chi connectivity index (χ3v) is 5.46. The minimum Gasteiger partial charge on any atom is -0.497 e. The van der Waals surface area contributed by atoms with Crippen molar-refractivity contribution >= 4 is 17.3 Å². The van der Waals surface area contributed by atoms with Gasteiger partial charge in [0.2, 0.25) is 0 Å². The Morgan fingerprint density at radius 3 is 2.34 bits per heavy atom.